The second-order valence-corrected chi connectivity index (χ2v) is 7.56. The van der Waals surface area contributed by atoms with Gasteiger partial charge in [-0.25, -0.2) is 14.8 Å². The maximum Gasteiger partial charge on any atom is 0.411 e. The maximum absolute atomic E-state index is 11.8. The highest BCUT2D eigenvalue weighted by Crippen LogP contribution is 2.31. The Morgan fingerprint density at radius 1 is 1.24 bits per heavy atom. The van der Waals surface area contributed by atoms with E-state index < -0.39 is 17.2 Å². The summed E-state index contributed by atoms with van der Waals surface area (Å²) in [7, 11) is 0. The zero-order chi connectivity index (χ0) is 20.1. The lowest BCUT2D eigenvalue weighted by Gasteiger charge is -2.14. The molecule has 0 bridgehead atoms. The number of rotatable bonds is 2. The first-order chi connectivity index (χ1) is 14.0. The zero-order valence-corrected chi connectivity index (χ0v) is 15.6. The Morgan fingerprint density at radius 3 is 2.86 bits per heavy atom. The lowest BCUT2D eigenvalue weighted by Crippen LogP contribution is -2.26. The predicted molar refractivity (Wildman–Crippen MR) is 107 cm³/mol. The average Bonchev–Trinajstić information content (AvgIpc) is 3.38. The summed E-state index contributed by atoms with van der Waals surface area (Å²) >= 11 is 0.831. The van der Waals surface area contributed by atoms with Crippen LogP contribution >= 0.6 is 11.8 Å². The number of anilines is 1. The molecule has 9 nitrogen and oxygen atoms in total. The van der Waals surface area contributed by atoms with Crippen molar-refractivity contribution >= 4 is 51.9 Å². The summed E-state index contributed by atoms with van der Waals surface area (Å²) < 4.78 is 1.77. The SMILES string of the molecule is O=C1NC(=O)/C(=C\c2ccc3ncn(-c4ccc5c(c4)N(C(=O)O)CC5)c3n2)S1. The number of nitrogens with zero attached hydrogens (tertiary/aromatic N) is 4. The van der Waals surface area contributed by atoms with Crippen molar-refractivity contribution in [3.05, 3.63) is 52.8 Å². The minimum Gasteiger partial charge on any atom is -0.465 e. The predicted octanol–water partition coefficient (Wildman–Crippen LogP) is 2.78. The van der Waals surface area contributed by atoms with E-state index >= 15 is 0 Å². The van der Waals surface area contributed by atoms with E-state index in [-0.39, 0.29) is 4.91 Å². The van der Waals surface area contributed by atoms with Crippen molar-refractivity contribution in [3.8, 4) is 5.69 Å². The van der Waals surface area contributed by atoms with E-state index in [0.29, 0.717) is 35.5 Å². The largest absolute Gasteiger partial charge is 0.465 e. The van der Waals surface area contributed by atoms with Crippen LogP contribution < -0.4 is 10.2 Å². The molecule has 1 fully saturated rings. The van der Waals surface area contributed by atoms with E-state index in [1.807, 2.05) is 18.2 Å². The molecule has 3 aromatic rings. The van der Waals surface area contributed by atoms with E-state index in [0.717, 1.165) is 23.0 Å². The van der Waals surface area contributed by atoms with Gasteiger partial charge in [0.25, 0.3) is 11.1 Å². The number of fused-ring (bicyclic) bond motifs is 2. The van der Waals surface area contributed by atoms with E-state index in [4.69, 9.17) is 0 Å². The number of amides is 3. The van der Waals surface area contributed by atoms with Gasteiger partial charge in [0.1, 0.15) is 11.8 Å². The fourth-order valence-electron chi connectivity index (χ4n) is 3.45. The molecule has 2 aromatic heterocycles. The highest BCUT2D eigenvalue weighted by Gasteiger charge is 2.26. The topological polar surface area (TPSA) is 117 Å². The van der Waals surface area contributed by atoms with Crippen molar-refractivity contribution in [2.24, 2.45) is 0 Å². The van der Waals surface area contributed by atoms with Gasteiger partial charge in [-0.2, -0.15) is 0 Å². The minimum absolute atomic E-state index is 0.280. The van der Waals surface area contributed by atoms with Crippen molar-refractivity contribution in [1.29, 1.82) is 0 Å². The Kier molecular flexibility index (Phi) is 3.88. The number of carbonyl (C=O) groups is 3. The van der Waals surface area contributed by atoms with Gasteiger partial charge in [0.15, 0.2) is 5.65 Å². The molecule has 144 valence electrons. The van der Waals surface area contributed by atoms with Crippen LogP contribution in [-0.4, -0.2) is 43.4 Å². The third-order valence-corrected chi connectivity index (χ3v) is 5.62. The molecule has 0 unspecified atom stereocenters. The number of carboxylic acid groups (broad SMARTS) is 1. The zero-order valence-electron chi connectivity index (χ0n) is 14.8. The quantitative estimate of drug-likeness (QED) is 0.627. The Labute approximate surface area is 168 Å². The molecule has 0 atom stereocenters. The molecular weight excluding hydrogens is 394 g/mol. The van der Waals surface area contributed by atoms with Crippen molar-refractivity contribution in [2.45, 2.75) is 6.42 Å². The molecule has 0 saturated carbocycles. The average molecular weight is 407 g/mol. The molecule has 5 rings (SSSR count). The minimum atomic E-state index is -0.981. The van der Waals surface area contributed by atoms with Gasteiger partial charge in [-0.15, -0.1) is 0 Å². The van der Waals surface area contributed by atoms with Crippen LogP contribution in [-0.2, 0) is 11.2 Å². The number of benzene rings is 1. The molecular formula is C19H13N5O4S. The summed E-state index contributed by atoms with van der Waals surface area (Å²) in [5, 5.41) is 11.2. The number of thioether (sulfide) groups is 1. The van der Waals surface area contributed by atoms with E-state index in [1.54, 1.807) is 29.1 Å². The molecule has 4 heterocycles. The molecule has 3 amide bonds. The van der Waals surface area contributed by atoms with Crippen molar-refractivity contribution < 1.29 is 19.5 Å². The van der Waals surface area contributed by atoms with Crippen LogP contribution in [0.4, 0.5) is 15.3 Å². The summed E-state index contributed by atoms with van der Waals surface area (Å²) in [6.07, 6.45) is 2.87. The van der Waals surface area contributed by atoms with Gasteiger partial charge in [0.05, 0.1) is 22.0 Å². The van der Waals surface area contributed by atoms with E-state index in [2.05, 4.69) is 15.3 Å². The third-order valence-electron chi connectivity index (χ3n) is 4.81. The monoisotopic (exact) mass is 407 g/mol. The number of hydrogen-bond acceptors (Lipinski definition) is 6. The number of imide groups is 1. The molecule has 2 aliphatic heterocycles. The second kappa shape index (κ2) is 6.45. The summed E-state index contributed by atoms with van der Waals surface area (Å²) in [4.78, 5) is 45.1. The van der Waals surface area contributed by atoms with Crippen LogP contribution in [0.5, 0.6) is 0 Å². The second-order valence-electron chi connectivity index (χ2n) is 6.54. The Bertz CT molecular complexity index is 1250. The van der Waals surface area contributed by atoms with Gasteiger partial charge >= 0.3 is 6.09 Å². The van der Waals surface area contributed by atoms with E-state index in [1.165, 1.54) is 4.90 Å². The van der Waals surface area contributed by atoms with Crippen LogP contribution in [0.1, 0.15) is 11.3 Å². The maximum atomic E-state index is 11.8. The molecule has 1 saturated heterocycles. The molecule has 0 spiro atoms. The van der Waals surface area contributed by atoms with Crippen molar-refractivity contribution in [2.75, 3.05) is 11.4 Å². The van der Waals surface area contributed by atoms with Gasteiger partial charge in [0.2, 0.25) is 0 Å². The number of imidazole rings is 1. The number of hydrogen-bond donors (Lipinski definition) is 2. The molecule has 10 heteroatoms. The molecule has 2 aliphatic rings. The number of nitrogens with one attached hydrogen (secondary N) is 1. The van der Waals surface area contributed by atoms with Gasteiger partial charge in [0, 0.05) is 6.54 Å². The van der Waals surface area contributed by atoms with E-state index in [9.17, 15) is 19.5 Å². The summed E-state index contributed by atoms with van der Waals surface area (Å²) in [6, 6.07) is 9.12. The first-order valence-corrected chi connectivity index (χ1v) is 9.54. The lowest BCUT2D eigenvalue weighted by atomic mass is 10.1. The standard InChI is InChI=1S/C19H13N5O4S/c25-17-15(29-18(26)22-17)7-11-2-4-13-16(21-11)24(9-20-13)12-3-1-10-5-6-23(19(27)28)14(10)8-12/h1-4,7-9H,5-6H2,(H,27,28)(H,22,25,26)/b15-7+. The Morgan fingerprint density at radius 2 is 2.10 bits per heavy atom. The molecule has 29 heavy (non-hydrogen) atoms. The fraction of sp³-hybridized carbons (Fsp3) is 0.105. The van der Waals surface area contributed by atoms with Gasteiger partial charge in [-0.1, -0.05) is 6.07 Å². The normalized spacial score (nSPS) is 17.2. The molecule has 1 aromatic carbocycles. The number of pyridine rings is 1. The van der Waals surface area contributed by atoms with Crippen LogP contribution in [0.2, 0.25) is 0 Å². The molecule has 0 radical (unpaired) electrons. The van der Waals surface area contributed by atoms with Gasteiger partial charge < -0.3 is 5.11 Å². The summed E-state index contributed by atoms with van der Waals surface area (Å²) in [6.45, 7) is 0.438. The van der Waals surface area contributed by atoms with Crippen molar-refractivity contribution in [1.82, 2.24) is 19.9 Å². The molecule has 2 N–H and O–H groups in total. The van der Waals surface area contributed by atoms with Crippen molar-refractivity contribution in [3.63, 3.8) is 0 Å². The number of carbonyl (C=O) groups excluding carboxylic acids is 2. The first kappa shape index (κ1) is 17.4. The fourth-order valence-corrected chi connectivity index (χ4v) is 4.12. The van der Waals surface area contributed by atoms with Crippen LogP contribution in [0.25, 0.3) is 22.9 Å². The highest BCUT2D eigenvalue weighted by atomic mass is 32.2. The van der Waals surface area contributed by atoms with Crippen LogP contribution in [0, 0.1) is 0 Å². The van der Waals surface area contributed by atoms with Gasteiger partial charge in [-0.3, -0.25) is 24.4 Å². The summed E-state index contributed by atoms with van der Waals surface area (Å²) in [5.74, 6) is -0.442. The summed E-state index contributed by atoms with van der Waals surface area (Å²) in [5.41, 5.74) is 4.11. The van der Waals surface area contributed by atoms with Crippen LogP contribution in [0.3, 0.4) is 0 Å². The Hall–Kier alpha value is -3.66. The molecule has 0 aliphatic carbocycles. The first-order valence-electron chi connectivity index (χ1n) is 8.72. The Balaban J connectivity index is 1.58. The van der Waals surface area contributed by atoms with Gasteiger partial charge in [-0.05, 0) is 54.1 Å². The lowest BCUT2D eigenvalue weighted by molar-refractivity contribution is -0.115. The smallest absolute Gasteiger partial charge is 0.411 e. The number of aromatic nitrogens is 3. The highest BCUT2D eigenvalue weighted by molar-refractivity contribution is 8.18. The van der Waals surface area contributed by atoms with Crippen LogP contribution in [0.15, 0.2) is 41.6 Å². The third kappa shape index (κ3) is 2.93.